The fraction of sp³-hybridized carbons (Fsp3) is 0.389. The van der Waals surface area contributed by atoms with Crippen LogP contribution in [0.25, 0.3) is 0 Å². The minimum absolute atomic E-state index is 0.00406. The van der Waals surface area contributed by atoms with E-state index in [0.29, 0.717) is 39.3 Å². The Labute approximate surface area is 177 Å². The number of amidine groups is 1. The number of likely N-dealkylation sites (tertiary alicyclic amines) is 1. The molecule has 3 rings (SSSR count). The van der Waals surface area contributed by atoms with E-state index >= 15 is 0 Å². The van der Waals surface area contributed by atoms with Crippen molar-refractivity contribution in [3.63, 3.8) is 0 Å². The van der Waals surface area contributed by atoms with Gasteiger partial charge in [-0.1, -0.05) is 29.8 Å². The molecule has 0 aliphatic carbocycles. The van der Waals surface area contributed by atoms with Crippen LogP contribution in [-0.2, 0) is 9.59 Å². The minimum atomic E-state index is -0.505. The Bertz CT molecular complexity index is 849. The van der Waals surface area contributed by atoms with Gasteiger partial charge < -0.3 is 14.9 Å². The Morgan fingerprint density at radius 3 is 2.34 bits per heavy atom. The van der Waals surface area contributed by atoms with Gasteiger partial charge in [0, 0.05) is 51.4 Å². The first-order valence-electron chi connectivity index (χ1n) is 8.95. The largest absolute Gasteiger partial charge is 0.506 e. The van der Waals surface area contributed by atoms with Gasteiger partial charge in [-0.15, -0.1) is 0 Å². The third kappa shape index (κ3) is 4.64. The number of hydrogen-bond donors (Lipinski definition) is 3. The van der Waals surface area contributed by atoms with Crippen LogP contribution in [-0.4, -0.2) is 88.0 Å². The third-order valence-corrected chi connectivity index (χ3v) is 5.75. The summed E-state index contributed by atoms with van der Waals surface area (Å²) < 4.78 is 0. The Morgan fingerprint density at radius 1 is 1.14 bits per heavy atom. The molecule has 2 amide bonds. The Hall–Kier alpha value is -2.33. The topological polar surface area (TPSA) is 109 Å². The zero-order valence-corrected chi connectivity index (χ0v) is 17.0. The van der Waals surface area contributed by atoms with Crippen LogP contribution in [0.2, 0.25) is 10.0 Å². The first-order valence-corrected chi connectivity index (χ1v) is 9.71. The number of carbonyl (C=O) groups excluding carboxylic acids is 2. The second-order valence-electron chi connectivity index (χ2n) is 6.76. The number of piperazine rings is 1. The minimum Gasteiger partial charge on any atom is -0.506 e. The summed E-state index contributed by atoms with van der Waals surface area (Å²) in [7, 11) is 0. The molecule has 0 aromatic heterocycles. The zero-order valence-electron chi connectivity index (χ0n) is 15.5. The number of hydrogen-bond acceptors (Lipinski definition) is 6. The van der Waals surface area contributed by atoms with Gasteiger partial charge >= 0.3 is 0 Å². The maximum absolute atomic E-state index is 12.7. The SMILES string of the molecule is C=CC(=O)N1CC(N2CCN(C(=O)C(=Nc3cc(Cl)c(Cl)cc3O)NO)CC2)C1. The number of carbonyl (C=O) groups is 2. The van der Waals surface area contributed by atoms with Gasteiger partial charge in [-0.05, 0) is 12.1 Å². The van der Waals surface area contributed by atoms with Gasteiger partial charge in [0.05, 0.1) is 10.0 Å². The smallest absolute Gasteiger partial charge is 0.291 e. The standard InChI is InChI=1S/C18H21Cl2N5O4/c1-2-16(27)25-9-11(10-25)23-3-5-24(6-4-23)18(28)17(22-29)21-14-7-12(19)13(20)8-15(14)26/h2,7-8,11,26,29H,1,3-6,9-10H2,(H,21,22). The van der Waals surface area contributed by atoms with Crippen LogP contribution >= 0.6 is 23.2 Å². The second-order valence-corrected chi connectivity index (χ2v) is 7.57. The van der Waals surface area contributed by atoms with Crippen molar-refractivity contribution in [1.29, 1.82) is 0 Å². The van der Waals surface area contributed by atoms with Crippen LogP contribution in [0.4, 0.5) is 5.69 Å². The molecule has 2 saturated heterocycles. The number of aliphatic imine (C=N–C) groups is 1. The molecule has 1 aromatic carbocycles. The van der Waals surface area contributed by atoms with Crippen molar-refractivity contribution in [1.82, 2.24) is 20.2 Å². The molecule has 0 radical (unpaired) electrons. The van der Waals surface area contributed by atoms with Crippen LogP contribution in [0.5, 0.6) is 5.75 Å². The molecule has 1 aromatic rings. The number of benzene rings is 1. The summed E-state index contributed by atoms with van der Waals surface area (Å²) >= 11 is 11.7. The summed E-state index contributed by atoms with van der Waals surface area (Å²) in [6.45, 7) is 6.96. The van der Waals surface area contributed by atoms with Crippen LogP contribution in [0, 0.1) is 0 Å². The summed E-state index contributed by atoms with van der Waals surface area (Å²) in [4.78, 5) is 33.7. The van der Waals surface area contributed by atoms with Crippen molar-refractivity contribution >= 4 is 46.5 Å². The van der Waals surface area contributed by atoms with E-state index in [4.69, 9.17) is 23.2 Å². The number of nitrogens with zero attached hydrogens (tertiary/aromatic N) is 4. The van der Waals surface area contributed by atoms with Gasteiger partial charge in [-0.3, -0.25) is 19.7 Å². The molecule has 156 valence electrons. The summed E-state index contributed by atoms with van der Waals surface area (Å²) in [6, 6.07) is 2.78. The highest BCUT2D eigenvalue weighted by atomic mass is 35.5. The molecule has 11 heteroatoms. The van der Waals surface area contributed by atoms with Crippen molar-refractivity contribution in [2.24, 2.45) is 4.99 Å². The highest BCUT2D eigenvalue weighted by Crippen LogP contribution is 2.35. The highest BCUT2D eigenvalue weighted by Gasteiger charge is 2.36. The number of phenolic OH excluding ortho intramolecular Hbond substituents is 1. The third-order valence-electron chi connectivity index (χ3n) is 5.02. The van der Waals surface area contributed by atoms with Crippen molar-refractivity contribution in [2.45, 2.75) is 6.04 Å². The molecule has 9 nitrogen and oxygen atoms in total. The molecule has 3 N–H and O–H groups in total. The number of phenols is 1. The van der Waals surface area contributed by atoms with E-state index in [1.807, 2.05) is 0 Å². The first-order chi connectivity index (χ1) is 13.8. The molecule has 0 atom stereocenters. The van der Waals surface area contributed by atoms with E-state index in [9.17, 15) is 19.9 Å². The van der Waals surface area contributed by atoms with Gasteiger partial charge in [0.1, 0.15) is 11.4 Å². The van der Waals surface area contributed by atoms with E-state index in [2.05, 4.69) is 16.5 Å². The molecule has 2 aliphatic heterocycles. The molecule has 0 bridgehead atoms. The number of nitrogens with one attached hydrogen (secondary N) is 1. The fourth-order valence-corrected chi connectivity index (χ4v) is 3.61. The van der Waals surface area contributed by atoms with Gasteiger partial charge in [0.2, 0.25) is 11.7 Å². The Morgan fingerprint density at radius 2 is 1.76 bits per heavy atom. The molecule has 0 saturated carbocycles. The maximum Gasteiger partial charge on any atom is 0.291 e. The fourth-order valence-electron chi connectivity index (χ4n) is 3.29. The lowest BCUT2D eigenvalue weighted by Crippen LogP contribution is -2.64. The highest BCUT2D eigenvalue weighted by molar-refractivity contribution is 6.42. The molecular weight excluding hydrogens is 421 g/mol. The van der Waals surface area contributed by atoms with Crippen LogP contribution < -0.4 is 5.48 Å². The quantitative estimate of drug-likeness (QED) is 0.282. The number of amides is 2. The normalized spacial score (nSPS) is 18.4. The predicted octanol–water partition coefficient (Wildman–Crippen LogP) is 1.25. The van der Waals surface area contributed by atoms with E-state index in [1.54, 1.807) is 15.3 Å². The summed E-state index contributed by atoms with van der Waals surface area (Å²) in [5.74, 6) is -1.18. The van der Waals surface area contributed by atoms with Crippen LogP contribution in [0.1, 0.15) is 0 Å². The van der Waals surface area contributed by atoms with Gasteiger partial charge in [-0.25, -0.2) is 10.5 Å². The molecule has 0 unspecified atom stereocenters. The van der Waals surface area contributed by atoms with Crippen molar-refractivity contribution in [2.75, 3.05) is 39.3 Å². The molecular formula is C18H21Cl2N5O4. The van der Waals surface area contributed by atoms with Gasteiger partial charge in [0.15, 0.2) is 0 Å². The molecule has 2 fully saturated rings. The van der Waals surface area contributed by atoms with E-state index in [-0.39, 0.29) is 39.3 Å². The summed E-state index contributed by atoms with van der Waals surface area (Å²) in [6.07, 6.45) is 1.31. The average molecular weight is 442 g/mol. The summed E-state index contributed by atoms with van der Waals surface area (Å²) in [5.41, 5.74) is 1.80. The van der Waals surface area contributed by atoms with E-state index in [1.165, 1.54) is 18.2 Å². The molecule has 2 aliphatic rings. The maximum atomic E-state index is 12.7. The lowest BCUT2D eigenvalue weighted by Gasteiger charge is -2.47. The van der Waals surface area contributed by atoms with Crippen molar-refractivity contribution in [3.05, 3.63) is 34.8 Å². The molecule has 0 spiro atoms. The van der Waals surface area contributed by atoms with Crippen molar-refractivity contribution < 1.29 is 19.9 Å². The van der Waals surface area contributed by atoms with E-state index < -0.39 is 5.91 Å². The lowest BCUT2D eigenvalue weighted by molar-refractivity contribution is -0.134. The number of hydroxylamine groups is 1. The predicted molar refractivity (Wildman–Crippen MR) is 109 cm³/mol. The van der Waals surface area contributed by atoms with Crippen LogP contribution in [0.3, 0.4) is 0 Å². The average Bonchev–Trinajstić information content (AvgIpc) is 2.68. The molecule has 29 heavy (non-hydrogen) atoms. The molecule has 2 heterocycles. The number of halogens is 2. The number of rotatable bonds is 3. The monoisotopic (exact) mass is 441 g/mol. The van der Waals surface area contributed by atoms with Crippen molar-refractivity contribution in [3.8, 4) is 5.75 Å². The first kappa shape index (κ1) is 21.4. The van der Waals surface area contributed by atoms with Crippen LogP contribution in [0.15, 0.2) is 29.8 Å². The Balaban J connectivity index is 1.60. The number of aromatic hydroxyl groups is 1. The summed E-state index contributed by atoms with van der Waals surface area (Å²) in [5, 5.41) is 19.6. The van der Waals surface area contributed by atoms with Gasteiger partial charge in [-0.2, -0.15) is 0 Å². The van der Waals surface area contributed by atoms with Gasteiger partial charge in [0.25, 0.3) is 5.91 Å². The second kappa shape index (κ2) is 9.00. The Kier molecular flexibility index (Phi) is 6.63. The zero-order chi connectivity index (χ0) is 21.1. The van der Waals surface area contributed by atoms with E-state index in [0.717, 1.165) is 0 Å². The lowest BCUT2D eigenvalue weighted by atomic mass is 10.1.